The summed E-state index contributed by atoms with van der Waals surface area (Å²) in [5.74, 6) is 2.32. The Morgan fingerprint density at radius 3 is 2.88 bits per heavy atom. The summed E-state index contributed by atoms with van der Waals surface area (Å²) in [6.45, 7) is 4.81. The molecule has 0 spiro atoms. The summed E-state index contributed by atoms with van der Waals surface area (Å²) in [7, 11) is 0. The molecule has 0 aliphatic carbocycles. The second-order valence-corrected chi connectivity index (χ2v) is 6.21. The molecule has 0 saturated carbocycles. The molecule has 2 heterocycles. The molecule has 0 radical (unpaired) electrons. The number of carbonyl (C=O) groups is 1. The molecule has 2 unspecified atom stereocenters. The highest BCUT2D eigenvalue weighted by Crippen LogP contribution is 2.40. The van der Waals surface area contributed by atoms with Gasteiger partial charge < -0.3 is 19.5 Å². The fourth-order valence-corrected chi connectivity index (χ4v) is 3.09. The van der Waals surface area contributed by atoms with Crippen molar-refractivity contribution < 1.29 is 19.0 Å². The number of benzene rings is 2. The van der Waals surface area contributed by atoms with Crippen LogP contribution in [0.1, 0.15) is 41.3 Å². The highest BCUT2D eigenvalue weighted by atomic mass is 16.7. The average molecular weight is 325 g/mol. The van der Waals surface area contributed by atoms with Crippen molar-refractivity contribution in [1.29, 1.82) is 0 Å². The second-order valence-electron chi connectivity index (χ2n) is 6.21. The molecule has 2 atom stereocenters. The van der Waals surface area contributed by atoms with Crippen molar-refractivity contribution in [2.75, 3.05) is 6.79 Å². The Bertz CT molecular complexity index is 802. The predicted molar refractivity (Wildman–Crippen MR) is 88.7 cm³/mol. The first-order valence-electron chi connectivity index (χ1n) is 8.10. The fraction of sp³-hybridized carbons (Fsp3) is 0.316. The van der Waals surface area contributed by atoms with Crippen molar-refractivity contribution in [3.05, 3.63) is 53.1 Å². The Balaban J connectivity index is 1.50. The van der Waals surface area contributed by atoms with Crippen LogP contribution in [0, 0.1) is 0 Å². The number of para-hydroxylation sites is 1. The SMILES string of the molecule is CC1Oc2c(C(=O)NCc3ccc4c(c3)OCO4)cccc2C1C. The van der Waals surface area contributed by atoms with Gasteiger partial charge in [-0.25, -0.2) is 0 Å². The number of ether oxygens (including phenoxy) is 3. The highest BCUT2D eigenvalue weighted by molar-refractivity contribution is 5.97. The molecule has 5 nitrogen and oxygen atoms in total. The van der Waals surface area contributed by atoms with Gasteiger partial charge in [0, 0.05) is 18.0 Å². The molecule has 1 amide bonds. The van der Waals surface area contributed by atoms with Gasteiger partial charge in [0.25, 0.3) is 5.91 Å². The molecular weight excluding hydrogens is 306 g/mol. The van der Waals surface area contributed by atoms with Crippen molar-refractivity contribution in [3.8, 4) is 17.2 Å². The molecule has 2 aliphatic heterocycles. The maximum Gasteiger partial charge on any atom is 0.255 e. The van der Waals surface area contributed by atoms with E-state index in [1.54, 1.807) is 6.07 Å². The first kappa shape index (κ1) is 14.9. The summed E-state index contributed by atoms with van der Waals surface area (Å²) in [5.41, 5.74) is 2.64. The van der Waals surface area contributed by atoms with E-state index in [1.807, 2.05) is 37.3 Å². The number of rotatable bonds is 3. The molecule has 1 N–H and O–H groups in total. The van der Waals surface area contributed by atoms with Gasteiger partial charge in [0.15, 0.2) is 11.5 Å². The number of amides is 1. The van der Waals surface area contributed by atoms with E-state index < -0.39 is 0 Å². The summed E-state index contributed by atoms with van der Waals surface area (Å²) >= 11 is 0. The lowest BCUT2D eigenvalue weighted by Gasteiger charge is -2.10. The normalized spacial score (nSPS) is 20.4. The Labute approximate surface area is 140 Å². The van der Waals surface area contributed by atoms with Crippen LogP contribution in [0.3, 0.4) is 0 Å². The third-order valence-electron chi connectivity index (χ3n) is 4.68. The summed E-state index contributed by atoms with van der Waals surface area (Å²) in [5, 5.41) is 2.95. The first-order chi connectivity index (χ1) is 11.6. The molecule has 0 fully saturated rings. The van der Waals surface area contributed by atoms with Crippen LogP contribution in [0.2, 0.25) is 0 Å². The van der Waals surface area contributed by atoms with Gasteiger partial charge in [-0.3, -0.25) is 4.79 Å². The van der Waals surface area contributed by atoms with E-state index >= 15 is 0 Å². The van der Waals surface area contributed by atoms with Crippen molar-refractivity contribution in [3.63, 3.8) is 0 Å². The average Bonchev–Trinajstić information content (AvgIpc) is 3.17. The van der Waals surface area contributed by atoms with Crippen LogP contribution in [-0.4, -0.2) is 18.8 Å². The van der Waals surface area contributed by atoms with Crippen LogP contribution >= 0.6 is 0 Å². The molecule has 124 valence electrons. The number of hydrogen-bond acceptors (Lipinski definition) is 4. The molecule has 0 saturated heterocycles. The Morgan fingerprint density at radius 1 is 1.17 bits per heavy atom. The lowest BCUT2D eigenvalue weighted by molar-refractivity contribution is 0.0946. The van der Waals surface area contributed by atoms with Gasteiger partial charge in [-0.1, -0.05) is 25.1 Å². The Kier molecular flexibility index (Phi) is 3.56. The minimum Gasteiger partial charge on any atom is -0.489 e. The van der Waals surface area contributed by atoms with Gasteiger partial charge in [-0.05, 0) is 30.7 Å². The smallest absolute Gasteiger partial charge is 0.255 e. The minimum absolute atomic E-state index is 0.0859. The van der Waals surface area contributed by atoms with Crippen LogP contribution in [0.5, 0.6) is 17.2 Å². The van der Waals surface area contributed by atoms with Gasteiger partial charge in [0.1, 0.15) is 11.9 Å². The van der Waals surface area contributed by atoms with Crippen molar-refractivity contribution in [2.24, 2.45) is 0 Å². The minimum atomic E-state index is -0.134. The van der Waals surface area contributed by atoms with Crippen LogP contribution in [-0.2, 0) is 6.54 Å². The number of hydrogen-bond donors (Lipinski definition) is 1. The number of carbonyl (C=O) groups excluding carboxylic acids is 1. The monoisotopic (exact) mass is 325 g/mol. The zero-order valence-electron chi connectivity index (χ0n) is 13.7. The van der Waals surface area contributed by atoms with Gasteiger partial charge in [0.2, 0.25) is 6.79 Å². The summed E-state index contributed by atoms with van der Waals surface area (Å²) < 4.78 is 16.5. The summed E-state index contributed by atoms with van der Waals surface area (Å²) in [6, 6.07) is 11.4. The van der Waals surface area contributed by atoms with Gasteiger partial charge in [0.05, 0.1) is 5.56 Å². The lowest BCUT2D eigenvalue weighted by Crippen LogP contribution is -2.23. The molecule has 5 heteroatoms. The standard InChI is InChI=1S/C19H19NO4/c1-11-12(2)24-18-14(11)4-3-5-15(18)19(21)20-9-13-6-7-16-17(8-13)23-10-22-16/h3-8,11-12H,9-10H2,1-2H3,(H,20,21). The maximum absolute atomic E-state index is 12.6. The Hall–Kier alpha value is -2.69. The van der Waals surface area contributed by atoms with Crippen molar-refractivity contribution in [1.82, 2.24) is 5.32 Å². The van der Waals surface area contributed by atoms with Crippen molar-refractivity contribution in [2.45, 2.75) is 32.4 Å². The van der Waals surface area contributed by atoms with Gasteiger partial charge in [-0.2, -0.15) is 0 Å². The van der Waals surface area contributed by atoms with E-state index in [4.69, 9.17) is 14.2 Å². The molecule has 2 aromatic carbocycles. The molecule has 2 aromatic rings. The molecule has 24 heavy (non-hydrogen) atoms. The van der Waals surface area contributed by atoms with E-state index in [-0.39, 0.29) is 18.8 Å². The van der Waals surface area contributed by atoms with Gasteiger partial charge >= 0.3 is 0 Å². The molecule has 0 bridgehead atoms. The first-order valence-corrected chi connectivity index (χ1v) is 8.10. The van der Waals surface area contributed by atoms with E-state index in [9.17, 15) is 4.79 Å². The third-order valence-corrected chi connectivity index (χ3v) is 4.68. The molecule has 4 rings (SSSR count). The van der Waals surface area contributed by atoms with E-state index in [2.05, 4.69) is 12.2 Å². The molecule has 2 aliphatic rings. The topological polar surface area (TPSA) is 56.8 Å². The Morgan fingerprint density at radius 2 is 2.00 bits per heavy atom. The summed E-state index contributed by atoms with van der Waals surface area (Å²) in [4.78, 5) is 12.6. The quantitative estimate of drug-likeness (QED) is 0.941. The van der Waals surface area contributed by atoms with Crippen molar-refractivity contribution >= 4 is 5.91 Å². The van der Waals surface area contributed by atoms with Crippen LogP contribution in [0.15, 0.2) is 36.4 Å². The molecular formula is C19H19NO4. The lowest BCUT2D eigenvalue weighted by atomic mass is 9.97. The van der Waals surface area contributed by atoms with E-state index in [0.29, 0.717) is 29.5 Å². The number of nitrogens with one attached hydrogen (secondary N) is 1. The van der Waals surface area contributed by atoms with Crippen LogP contribution in [0.25, 0.3) is 0 Å². The zero-order valence-corrected chi connectivity index (χ0v) is 13.7. The van der Waals surface area contributed by atoms with Gasteiger partial charge in [-0.15, -0.1) is 0 Å². The fourth-order valence-electron chi connectivity index (χ4n) is 3.09. The van der Waals surface area contributed by atoms with Crippen LogP contribution in [0.4, 0.5) is 0 Å². The second kappa shape index (κ2) is 5.74. The predicted octanol–water partition coefficient (Wildman–Crippen LogP) is 3.23. The maximum atomic E-state index is 12.6. The summed E-state index contributed by atoms with van der Waals surface area (Å²) in [6.07, 6.45) is 0.0859. The highest BCUT2D eigenvalue weighted by Gasteiger charge is 2.31. The number of fused-ring (bicyclic) bond motifs is 2. The van der Waals surface area contributed by atoms with E-state index in [0.717, 1.165) is 16.9 Å². The molecule has 0 aromatic heterocycles. The zero-order chi connectivity index (χ0) is 16.7. The largest absolute Gasteiger partial charge is 0.489 e. The third kappa shape index (κ3) is 2.46. The van der Waals surface area contributed by atoms with Crippen LogP contribution < -0.4 is 19.5 Å². The van der Waals surface area contributed by atoms with E-state index in [1.165, 1.54) is 0 Å².